The molecule has 0 bridgehead atoms. The summed E-state index contributed by atoms with van der Waals surface area (Å²) in [5.41, 5.74) is 1.08. The largest absolute Gasteiger partial charge is 0.439 e. The van der Waals surface area contributed by atoms with Crippen molar-refractivity contribution in [2.24, 2.45) is 0 Å². The summed E-state index contributed by atoms with van der Waals surface area (Å²) in [6.07, 6.45) is 2.32. The number of aliphatic hydroxyl groups is 1. The van der Waals surface area contributed by atoms with E-state index in [9.17, 15) is 0 Å². The van der Waals surface area contributed by atoms with Crippen molar-refractivity contribution in [2.75, 3.05) is 6.61 Å². The van der Waals surface area contributed by atoms with Crippen LogP contribution in [0.1, 0.15) is 11.4 Å². The standard InChI is InChI=1S/C13H14N2O2/c1-10-14-8-6-13(15-10)17-12-4-2-11(3-5-12)7-9-16/h2-6,8,16H,7,9H2,1H3. The molecule has 1 N–H and O–H groups in total. The van der Waals surface area contributed by atoms with E-state index in [-0.39, 0.29) is 6.61 Å². The predicted molar refractivity (Wildman–Crippen MR) is 64.1 cm³/mol. The fraction of sp³-hybridized carbons (Fsp3) is 0.231. The molecule has 0 amide bonds. The Bertz CT molecular complexity index is 483. The maximum atomic E-state index is 8.81. The average molecular weight is 230 g/mol. The number of aliphatic hydroxyl groups excluding tert-OH is 1. The van der Waals surface area contributed by atoms with E-state index in [4.69, 9.17) is 9.84 Å². The number of ether oxygens (including phenoxy) is 1. The molecule has 4 heteroatoms. The zero-order valence-corrected chi connectivity index (χ0v) is 9.63. The second kappa shape index (κ2) is 5.41. The molecule has 0 aliphatic heterocycles. The molecule has 0 aliphatic rings. The van der Waals surface area contributed by atoms with Crippen LogP contribution in [0.3, 0.4) is 0 Å². The number of rotatable bonds is 4. The first-order valence-electron chi connectivity index (χ1n) is 5.45. The number of hydrogen-bond donors (Lipinski definition) is 1. The van der Waals surface area contributed by atoms with Gasteiger partial charge < -0.3 is 9.84 Å². The summed E-state index contributed by atoms with van der Waals surface area (Å²) >= 11 is 0. The van der Waals surface area contributed by atoms with Crippen molar-refractivity contribution >= 4 is 0 Å². The Balaban J connectivity index is 2.08. The Hall–Kier alpha value is -1.94. The lowest BCUT2D eigenvalue weighted by Crippen LogP contribution is -1.93. The zero-order chi connectivity index (χ0) is 12.1. The minimum atomic E-state index is 0.158. The first-order valence-corrected chi connectivity index (χ1v) is 5.45. The molecule has 4 nitrogen and oxygen atoms in total. The van der Waals surface area contributed by atoms with Gasteiger partial charge in [-0.05, 0) is 31.0 Å². The third-order valence-corrected chi connectivity index (χ3v) is 2.30. The van der Waals surface area contributed by atoms with Gasteiger partial charge in [-0.25, -0.2) is 4.98 Å². The zero-order valence-electron chi connectivity index (χ0n) is 9.63. The van der Waals surface area contributed by atoms with E-state index in [1.165, 1.54) is 0 Å². The van der Waals surface area contributed by atoms with Crippen LogP contribution in [-0.4, -0.2) is 21.7 Å². The minimum absolute atomic E-state index is 0.158. The van der Waals surface area contributed by atoms with Crippen molar-refractivity contribution in [2.45, 2.75) is 13.3 Å². The van der Waals surface area contributed by atoms with Crippen LogP contribution in [0.4, 0.5) is 0 Å². The van der Waals surface area contributed by atoms with Crippen LogP contribution >= 0.6 is 0 Å². The normalized spacial score (nSPS) is 10.2. The van der Waals surface area contributed by atoms with Gasteiger partial charge in [-0.2, -0.15) is 4.98 Å². The van der Waals surface area contributed by atoms with E-state index in [1.807, 2.05) is 31.2 Å². The van der Waals surface area contributed by atoms with Gasteiger partial charge in [0.2, 0.25) is 5.88 Å². The fourth-order valence-electron chi connectivity index (χ4n) is 1.47. The van der Waals surface area contributed by atoms with Crippen LogP contribution in [0, 0.1) is 6.92 Å². The van der Waals surface area contributed by atoms with E-state index in [0.717, 1.165) is 11.3 Å². The smallest absolute Gasteiger partial charge is 0.222 e. The SMILES string of the molecule is Cc1nccc(Oc2ccc(CCO)cc2)n1. The molecule has 2 aromatic rings. The summed E-state index contributed by atoms with van der Waals surface area (Å²) in [6.45, 7) is 1.97. The van der Waals surface area contributed by atoms with E-state index >= 15 is 0 Å². The molecule has 0 saturated carbocycles. The third kappa shape index (κ3) is 3.26. The maximum Gasteiger partial charge on any atom is 0.222 e. The van der Waals surface area contributed by atoms with Gasteiger partial charge in [-0.1, -0.05) is 12.1 Å². The molecule has 88 valence electrons. The summed E-state index contributed by atoms with van der Waals surface area (Å²) < 4.78 is 5.58. The van der Waals surface area contributed by atoms with Crippen LogP contribution in [0.2, 0.25) is 0 Å². The molecular formula is C13H14N2O2. The Labute approximate surface area is 99.9 Å². The molecule has 0 aliphatic carbocycles. The van der Waals surface area contributed by atoms with Crippen molar-refractivity contribution in [3.63, 3.8) is 0 Å². The molecule has 0 atom stereocenters. The van der Waals surface area contributed by atoms with Crippen molar-refractivity contribution in [3.8, 4) is 11.6 Å². The summed E-state index contributed by atoms with van der Waals surface area (Å²) in [5, 5.41) is 8.81. The van der Waals surface area contributed by atoms with Crippen LogP contribution in [0.5, 0.6) is 11.6 Å². The highest BCUT2D eigenvalue weighted by molar-refractivity contribution is 5.30. The summed E-state index contributed by atoms with van der Waals surface area (Å²) in [4.78, 5) is 8.15. The van der Waals surface area contributed by atoms with Crippen LogP contribution in [0.15, 0.2) is 36.5 Å². The Kier molecular flexibility index (Phi) is 3.67. The molecule has 0 unspecified atom stereocenters. The third-order valence-electron chi connectivity index (χ3n) is 2.30. The highest BCUT2D eigenvalue weighted by Crippen LogP contribution is 2.19. The highest BCUT2D eigenvalue weighted by atomic mass is 16.5. The minimum Gasteiger partial charge on any atom is -0.439 e. The lowest BCUT2D eigenvalue weighted by Gasteiger charge is -2.05. The van der Waals surface area contributed by atoms with Crippen LogP contribution in [0.25, 0.3) is 0 Å². The molecule has 1 aromatic heterocycles. The molecule has 1 aromatic carbocycles. The summed E-state index contributed by atoms with van der Waals surface area (Å²) in [5.74, 6) is 1.94. The molecule has 1 heterocycles. The van der Waals surface area contributed by atoms with Crippen molar-refractivity contribution in [1.82, 2.24) is 9.97 Å². The first-order chi connectivity index (χ1) is 8.28. The van der Waals surface area contributed by atoms with E-state index in [1.54, 1.807) is 12.3 Å². The number of aryl methyl sites for hydroxylation is 1. The monoisotopic (exact) mass is 230 g/mol. The second-order valence-electron chi connectivity index (χ2n) is 3.66. The van der Waals surface area contributed by atoms with Gasteiger partial charge in [0, 0.05) is 18.9 Å². The molecule has 0 fully saturated rings. The lowest BCUT2D eigenvalue weighted by molar-refractivity contribution is 0.299. The number of nitrogens with zero attached hydrogens (tertiary/aromatic N) is 2. The first kappa shape index (κ1) is 11.5. The molecule has 2 rings (SSSR count). The Morgan fingerprint density at radius 3 is 2.59 bits per heavy atom. The maximum absolute atomic E-state index is 8.81. The Morgan fingerprint density at radius 2 is 1.94 bits per heavy atom. The lowest BCUT2D eigenvalue weighted by atomic mass is 10.1. The Morgan fingerprint density at radius 1 is 1.18 bits per heavy atom. The van der Waals surface area contributed by atoms with Gasteiger partial charge in [0.25, 0.3) is 0 Å². The predicted octanol–water partition coefficient (Wildman–Crippen LogP) is 2.11. The molecular weight excluding hydrogens is 216 g/mol. The molecule has 17 heavy (non-hydrogen) atoms. The second-order valence-corrected chi connectivity index (χ2v) is 3.66. The molecule has 0 spiro atoms. The molecule has 0 radical (unpaired) electrons. The van der Waals surface area contributed by atoms with Crippen molar-refractivity contribution < 1.29 is 9.84 Å². The van der Waals surface area contributed by atoms with Crippen molar-refractivity contribution in [3.05, 3.63) is 47.9 Å². The van der Waals surface area contributed by atoms with Crippen LogP contribution < -0.4 is 4.74 Å². The van der Waals surface area contributed by atoms with Gasteiger partial charge in [-0.3, -0.25) is 0 Å². The van der Waals surface area contributed by atoms with Gasteiger partial charge >= 0.3 is 0 Å². The summed E-state index contributed by atoms with van der Waals surface area (Å²) in [7, 11) is 0. The fourth-order valence-corrected chi connectivity index (χ4v) is 1.47. The van der Waals surface area contributed by atoms with Crippen molar-refractivity contribution in [1.29, 1.82) is 0 Å². The van der Waals surface area contributed by atoms with Gasteiger partial charge in [0.1, 0.15) is 11.6 Å². The highest BCUT2D eigenvalue weighted by Gasteiger charge is 1.99. The topological polar surface area (TPSA) is 55.2 Å². The van der Waals surface area contributed by atoms with Gasteiger partial charge in [0.15, 0.2) is 0 Å². The van der Waals surface area contributed by atoms with Crippen LogP contribution in [-0.2, 0) is 6.42 Å². The quantitative estimate of drug-likeness (QED) is 0.874. The summed E-state index contributed by atoms with van der Waals surface area (Å²) in [6, 6.07) is 9.30. The van der Waals surface area contributed by atoms with E-state index in [0.29, 0.717) is 18.1 Å². The number of aromatic nitrogens is 2. The van der Waals surface area contributed by atoms with Gasteiger partial charge in [0.05, 0.1) is 0 Å². The van der Waals surface area contributed by atoms with Gasteiger partial charge in [-0.15, -0.1) is 0 Å². The van der Waals surface area contributed by atoms with E-state index < -0.39 is 0 Å². The number of benzene rings is 1. The number of hydrogen-bond acceptors (Lipinski definition) is 4. The van der Waals surface area contributed by atoms with E-state index in [2.05, 4.69) is 9.97 Å². The average Bonchev–Trinajstić information content (AvgIpc) is 2.32. The molecule has 0 saturated heterocycles.